The molecule has 0 atom stereocenters. The maximum absolute atomic E-state index is 12.6. The standard InChI is InChI=1S/C23H23N3O2/c1-16-20(13-14-21(24-16)18-7-5-4-6-8-18)23(28)25-19-11-9-17(10-12-19)15-22(27)26(2)3/h4-14H,15H2,1-3H3,(H,25,28). The van der Waals surface area contributed by atoms with E-state index >= 15 is 0 Å². The van der Waals surface area contributed by atoms with Gasteiger partial charge in [-0.05, 0) is 36.8 Å². The highest BCUT2D eigenvalue weighted by Crippen LogP contribution is 2.19. The molecule has 1 heterocycles. The first-order valence-corrected chi connectivity index (χ1v) is 9.07. The number of aromatic nitrogens is 1. The molecule has 1 aromatic heterocycles. The van der Waals surface area contributed by atoms with Crippen LogP contribution in [0.2, 0.25) is 0 Å². The molecule has 0 bridgehead atoms. The van der Waals surface area contributed by atoms with Crippen LogP contribution in [0.15, 0.2) is 66.7 Å². The molecule has 5 heteroatoms. The van der Waals surface area contributed by atoms with Crippen molar-refractivity contribution in [3.63, 3.8) is 0 Å². The van der Waals surface area contributed by atoms with Crippen molar-refractivity contribution in [1.29, 1.82) is 0 Å². The molecule has 0 saturated carbocycles. The van der Waals surface area contributed by atoms with Gasteiger partial charge >= 0.3 is 0 Å². The Hall–Kier alpha value is -3.47. The number of aryl methyl sites for hydroxylation is 1. The van der Waals surface area contributed by atoms with Gasteiger partial charge in [0.25, 0.3) is 5.91 Å². The van der Waals surface area contributed by atoms with E-state index in [0.717, 1.165) is 16.8 Å². The van der Waals surface area contributed by atoms with Crippen molar-refractivity contribution in [3.8, 4) is 11.3 Å². The summed E-state index contributed by atoms with van der Waals surface area (Å²) in [6, 6.07) is 20.8. The van der Waals surface area contributed by atoms with Gasteiger partial charge in [-0.15, -0.1) is 0 Å². The predicted molar refractivity (Wildman–Crippen MR) is 111 cm³/mol. The van der Waals surface area contributed by atoms with Gasteiger partial charge in [-0.3, -0.25) is 14.6 Å². The van der Waals surface area contributed by atoms with Gasteiger partial charge in [0.1, 0.15) is 0 Å². The topological polar surface area (TPSA) is 62.3 Å². The molecule has 3 aromatic rings. The Morgan fingerprint density at radius 3 is 2.21 bits per heavy atom. The number of carbonyl (C=O) groups excluding carboxylic acids is 2. The summed E-state index contributed by atoms with van der Waals surface area (Å²) in [6.07, 6.45) is 0.338. The lowest BCUT2D eigenvalue weighted by Crippen LogP contribution is -2.23. The van der Waals surface area contributed by atoms with E-state index in [-0.39, 0.29) is 11.8 Å². The first-order valence-electron chi connectivity index (χ1n) is 9.07. The van der Waals surface area contributed by atoms with Gasteiger partial charge in [0.05, 0.1) is 23.4 Å². The SMILES string of the molecule is Cc1nc(-c2ccccc2)ccc1C(=O)Nc1ccc(CC(=O)N(C)C)cc1. The van der Waals surface area contributed by atoms with Crippen LogP contribution < -0.4 is 5.32 Å². The number of nitrogens with one attached hydrogen (secondary N) is 1. The number of amides is 2. The molecule has 0 saturated heterocycles. The molecule has 0 aliphatic rings. The fourth-order valence-corrected chi connectivity index (χ4v) is 2.81. The Labute approximate surface area is 165 Å². The Kier molecular flexibility index (Phi) is 5.84. The molecule has 142 valence electrons. The molecule has 0 radical (unpaired) electrons. The van der Waals surface area contributed by atoms with Gasteiger partial charge in [-0.25, -0.2) is 0 Å². The number of pyridine rings is 1. The smallest absolute Gasteiger partial charge is 0.257 e. The first kappa shape index (κ1) is 19.3. The predicted octanol–water partition coefficient (Wildman–Crippen LogP) is 3.94. The highest BCUT2D eigenvalue weighted by Gasteiger charge is 2.12. The molecule has 5 nitrogen and oxygen atoms in total. The minimum absolute atomic E-state index is 0.0389. The van der Waals surface area contributed by atoms with E-state index in [0.29, 0.717) is 23.4 Å². The van der Waals surface area contributed by atoms with E-state index in [4.69, 9.17) is 0 Å². The summed E-state index contributed by atoms with van der Waals surface area (Å²) >= 11 is 0. The van der Waals surface area contributed by atoms with Gasteiger partial charge in [-0.1, -0.05) is 42.5 Å². The number of anilines is 1. The number of rotatable bonds is 5. The summed E-state index contributed by atoms with van der Waals surface area (Å²) in [5.41, 5.74) is 4.64. The lowest BCUT2D eigenvalue weighted by molar-refractivity contribution is -0.127. The zero-order valence-corrected chi connectivity index (χ0v) is 16.3. The van der Waals surface area contributed by atoms with Gasteiger partial charge < -0.3 is 10.2 Å². The van der Waals surface area contributed by atoms with Crippen LogP contribution in [0.3, 0.4) is 0 Å². The second-order valence-electron chi connectivity index (χ2n) is 6.81. The minimum Gasteiger partial charge on any atom is -0.349 e. The Morgan fingerprint density at radius 1 is 0.929 bits per heavy atom. The number of hydrogen-bond acceptors (Lipinski definition) is 3. The van der Waals surface area contributed by atoms with Gasteiger partial charge in [-0.2, -0.15) is 0 Å². The molecule has 28 heavy (non-hydrogen) atoms. The molecule has 0 unspecified atom stereocenters. The fourth-order valence-electron chi connectivity index (χ4n) is 2.81. The Bertz CT molecular complexity index is 980. The van der Waals surface area contributed by atoms with Gasteiger partial charge in [0.2, 0.25) is 5.91 Å². The van der Waals surface area contributed by atoms with E-state index in [9.17, 15) is 9.59 Å². The Balaban J connectivity index is 1.70. The summed E-state index contributed by atoms with van der Waals surface area (Å²) in [6.45, 7) is 1.83. The lowest BCUT2D eigenvalue weighted by atomic mass is 10.1. The van der Waals surface area contributed by atoms with Crippen LogP contribution in [0.25, 0.3) is 11.3 Å². The van der Waals surface area contributed by atoms with Crippen LogP contribution in [-0.2, 0) is 11.2 Å². The third-order valence-electron chi connectivity index (χ3n) is 4.47. The number of carbonyl (C=O) groups is 2. The fraction of sp³-hybridized carbons (Fsp3) is 0.174. The van der Waals surface area contributed by atoms with Crippen LogP contribution in [-0.4, -0.2) is 35.8 Å². The maximum Gasteiger partial charge on any atom is 0.257 e. The van der Waals surface area contributed by atoms with Crippen molar-refractivity contribution >= 4 is 17.5 Å². The highest BCUT2D eigenvalue weighted by molar-refractivity contribution is 6.05. The van der Waals surface area contributed by atoms with E-state index in [1.54, 1.807) is 37.2 Å². The van der Waals surface area contributed by atoms with Crippen LogP contribution >= 0.6 is 0 Å². The third-order valence-corrected chi connectivity index (χ3v) is 4.47. The van der Waals surface area contributed by atoms with Crippen LogP contribution in [0, 0.1) is 6.92 Å². The summed E-state index contributed by atoms with van der Waals surface area (Å²) in [5, 5.41) is 2.89. The zero-order valence-electron chi connectivity index (χ0n) is 16.3. The van der Waals surface area contributed by atoms with Crippen LogP contribution in [0.1, 0.15) is 21.6 Å². The van der Waals surface area contributed by atoms with E-state index in [1.807, 2.05) is 55.5 Å². The second kappa shape index (κ2) is 8.48. The van der Waals surface area contributed by atoms with Crippen molar-refractivity contribution in [3.05, 3.63) is 83.6 Å². The zero-order chi connectivity index (χ0) is 20.1. The van der Waals surface area contributed by atoms with E-state index < -0.39 is 0 Å². The molecule has 1 N–H and O–H groups in total. The van der Waals surface area contributed by atoms with Crippen molar-refractivity contribution in [2.45, 2.75) is 13.3 Å². The van der Waals surface area contributed by atoms with Crippen molar-refractivity contribution in [2.75, 3.05) is 19.4 Å². The Morgan fingerprint density at radius 2 is 1.61 bits per heavy atom. The van der Waals surface area contributed by atoms with Gasteiger partial charge in [0.15, 0.2) is 0 Å². The highest BCUT2D eigenvalue weighted by atomic mass is 16.2. The minimum atomic E-state index is -0.207. The quantitative estimate of drug-likeness (QED) is 0.737. The molecular weight excluding hydrogens is 350 g/mol. The molecular formula is C23H23N3O2. The largest absolute Gasteiger partial charge is 0.349 e. The monoisotopic (exact) mass is 373 g/mol. The normalized spacial score (nSPS) is 10.4. The number of nitrogens with zero attached hydrogens (tertiary/aromatic N) is 2. The van der Waals surface area contributed by atoms with E-state index in [1.165, 1.54) is 0 Å². The second-order valence-corrected chi connectivity index (χ2v) is 6.81. The molecule has 0 spiro atoms. The summed E-state index contributed by atoms with van der Waals surface area (Å²) in [7, 11) is 3.47. The number of likely N-dealkylation sites (N-methyl/N-ethyl adjacent to an activating group) is 1. The van der Waals surface area contributed by atoms with E-state index in [2.05, 4.69) is 10.3 Å². The summed E-state index contributed by atoms with van der Waals surface area (Å²) in [5.74, 6) is -0.168. The summed E-state index contributed by atoms with van der Waals surface area (Å²) < 4.78 is 0. The molecule has 2 aromatic carbocycles. The summed E-state index contributed by atoms with van der Waals surface area (Å²) in [4.78, 5) is 30.5. The van der Waals surface area contributed by atoms with Gasteiger partial charge in [0, 0.05) is 25.3 Å². The molecule has 0 aliphatic heterocycles. The van der Waals surface area contributed by atoms with Crippen LogP contribution in [0.5, 0.6) is 0 Å². The number of hydrogen-bond donors (Lipinski definition) is 1. The van der Waals surface area contributed by atoms with Crippen molar-refractivity contribution in [1.82, 2.24) is 9.88 Å². The molecule has 2 amide bonds. The van der Waals surface area contributed by atoms with Crippen molar-refractivity contribution in [2.24, 2.45) is 0 Å². The van der Waals surface area contributed by atoms with Crippen LogP contribution in [0.4, 0.5) is 5.69 Å². The molecule has 3 rings (SSSR count). The maximum atomic E-state index is 12.6. The lowest BCUT2D eigenvalue weighted by Gasteiger charge is -2.11. The number of benzene rings is 2. The van der Waals surface area contributed by atoms with Crippen molar-refractivity contribution < 1.29 is 9.59 Å². The molecule has 0 aliphatic carbocycles. The average Bonchev–Trinajstić information content (AvgIpc) is 2.69. The first-order chi connectivity index (χ1) is 13.4. The average molecular weight is 373 g/mol. The third kappa shape index (κ3) is 4.62. The molecule has 0 fully saturated rings.